The van der Waals surface area contributed by atoms with Crippen LogP contribution in [0, 0.1) is 0 Å². The number of nitrogens with one attached hydrogen (secondary N) is 1. The Hall–Kier alpha value is -1.02. The quantitative estimate of drug-likeness (QED) is 0.660. The van der Waals surface area contributed by atoms with Crippen LogP contribution >= 0.6 is 0 Å². The molecule has 0 radical (unpaired) electrons. The molecule has 0 saturated carbocycles. The van der Waals surface area contributed by atoms with Crippen molar-refractivity contribution in [2.24, 2.45) is 0 Å². The second-order valence-electron chi connectivity index (χ2n) is 2.27. The van der Waals surface area contributed by atoms with Crippen LogP contribution in [0.2, 0.25) is 0 Å². The second-order valence-corrected chi connectivity index (χ2v) is 2.27. The van der Waals surface area contributed by atoms with Crippen molar-refractivity contribution in [1.82, 2.24) is 5.32 Å². The van der Waals surface area contributed by atoms with Gasteiger partial charge in [-0.2, -0.15) is 0 Å². The fourth-order valence-corrected chi connectivity index (χ4v) is 0.840. The van der Waals surface area contributed by atoms with Gasteiger partial charge in [0.25, 0.3) is 0 Å². The Kier molecular flexibility index (Phi) is 6.11. The lowest BCUT2D eigenvalue weighted by Gasteiger charge is -1.98. The molecule has 0 atom stereocenters. The maximum Gasteiger partial charge on any atom is 0.0314 e. The molecule has 0 spiro atoms. The highest BCUT2D eigenvalue weighted by atomic mass is 14.8. The number of hydrogen-bond acceptors (Lipinski definition) is 2. The minimum atomic E-state index is 0.819. The minimum Gasteiger partial charge on any atom is -0.399 e. The van der Waals surface area contributed by atoms with Crippen molar-refractivity contribution < 1.29 is 0 Å². The molecule has 0 bridgehead atoms. The van der Waals surface area contributed by atoms with Crippen LogP contribution in [-0.4, -0.2) is 7.05 Å². The van der Waals surface area contributed by atoms with Crippen molar-refractivity contribution in [3.8, 4) is 0 Å². The molecule has 0 saturated heterocycles. The van der Waals surface area contributed by atoms with Crippen molar-refractivity contribution >= 4 is 5.69 Å². The van der Waals surface area contributed by atoms with Gasteiger partial charge in [0.05, 0.1) is 0 Å². The first-order chi connectivity index (χ1) is 5.83. The summed E-state index contributed by atoms with van der Waals surface area (Å²) >= 11 is 0. The first-order valence-electron chi connectivity index (χ1n) is 4.32. The number of anilines is 1. The van der Waals surface area contributed by atoms with Gasteiger partial charge in [-0.15, -0.1) is 0 Å². The molecule has 0 unspecified atom stereocenters. The van der Waals surface area contributed by atoms with Crippen molar-refractivity contribution in [3.63, 3.8) is 0 Å². The summed E-state index contributed by atoms with van der Waals surface area (Å²) in [5, 5.41) is 3.06. The zero-order valence-corrected chi connectivity index (χ0v) is 8.09. The van der Waals surface area contributed by atoms with Crippen LogP contribution in [0.15, 0.2) is 24.3 Å². The number of hydrogen-bond donors (Lipinski definition) is 2. The molecule has 0 aromatic heterocycles. The van der Waals surface area contributed by atoms with Crippen LogP contribution in [0.4, 0.5) is 5.69 Å². The molecule has 1 aromatic rings. The van der Waals surface area contributed by atoms with E-state index >= 15 is 0 Å². The van der Waals surface area contributed by atoms with E-state index in [4.69, 9.17) is 5.73 Å². The lowest BCUT2D eigenvalue weighted by atomic mass is 10.2. The summed E-state index contributed by atoms with van der Waals surface area (Å²) in [6, 6.07) is 7.86. The zero-order valence-electron chi connectivity index (χ0n) is 8.09. The van der Waals surface area contributed by atoms with Crippen LogP contribution in [0.25, 0.3) is 0 Å². The van der Waals surface area contributed by atoms with Gasteiger partial charge in [-0.1, -0.05) is 26.0 Å². The highest BCUT2D eigenvalue weighted by Crippen LogP contribution is 2.04. The summed E-state index contributed by atoms with van der Waals surface area (Å²) < 4.78 is 0. The molecule has 1 rings (SSSR count). The Labute approximate surface area is 74.8 Å². The average Bonchev–Trinajstić information content (AvgIpc) is 2.13. The maximum atomic E-state index is 5.50. The molecule has 0 aliphatic heterocycles. The second kappa shape index (κ2) is 6.68. The number of nitrogen functional groups attached to an aromatic ring is 1. The Morgan fingerprint density at radius 1 is 1.17 bits per heavy atom. The molecular formula is C10H18N2. The minimum absolute atomic E-state index is 0.819. The van der Waals surface area contributed by atoms with E-state index in [0.717, 1.165) is 12.2 Å². The molecule has 0 fully saturated rings. The standard InChI is InChI=1S/C8H12N2.C2H6/c1-10-6-7-2-4-8(9)5-3-7;1-2/h2-5,10H,6,9H2,1H3;1-2H3. The SMILES string of the molecule is CC.CNCc1ccc(N)cc1. The van der Waals surface area contributed by atoms with Crippen LogP contribution in [0.3, 0.4) is 0 Å². The van der Waals surface area contributed by atoms with Gasteiger partial charge in [0, 0.05) is 12.2 Å². The summed E-state index contributed by atoms with van der Waals surface area (Å²) in [6.07, 6.45) is 0. The van der Waals surface area contributed by atoms with Crippen LogP contribution in [0.1, 0.15) is 19.4 Å². The van der Waals surface area contributed by atoms with Crippen molar-refractivity contribution in [2.75, 3.05) is 12.8 Å². The first kappa shape index (κ1) is 11.0. The van der Waals surface area contributed by atoms with E-state index < -0.39 is 0 Å². The Morgan fingerprint density at radius 3 is 2.08 bits per heavy atom. The van der Waals surface area contributed by atoms with Gasteiger partial charge in [-0.3, -0.25) is 0 Å². The van der Waals surface area contributed by atoms with E-state index in [-0.39, 0.29) is 0 Å². The topological polar surface area (TPSA) is 38.0 Å². The Bertz CT molecular complexity index is 191. The molecule has 1 aromatic carbocycles. The predicted octanol–water partition coefficient (Wildman–Crippen LogP) is 2.01. The van der Waals surface area contributed by atoms with Gasteiger partial charge in [-0.25, -0.2) is 0 Å². The zero-order chi connectivity index (χ0) is 9.40. The smallest absolute Gasteiger partial charge is 0.0314 e. The first-order valence-corrected chi connectivity index (χ1v) is 4.32. The van der Waals surface area contributed by atoms with Gasteiger partial charge in [0.2, 0.25) is 0 Å². The van der Waals surface area contributed by atoms with E-state index in [2.05, 4.69) is 5.32 Å². The molecule has 2 nitrogen and oxygen atoms in total. The van der Waals surface area contributed by atoms with Crippen LogP contribution in [0.5, 0.6) is 0 Å². The monoisotopic (exact) mass is 166 g/mol. The maximum absolute atomic E-state index is 5.50. The average molecular weight is 166 g/mol. The van der Waals surface area contributed by atoms with E-state index in [9.17, 15) is 0 Å². The third-order valence-electron chi connectivity index (χ3n) is 1.36. The van der Waals surface area contributed by atoms with Crippen LogP contribution in [-0.2, 0) is 6.54 Å². The van der Waals surface area contributed by atoms with Crippen molar-refractivity contribution in [3.05, 3.63) is 29.8 Å². The third-order valence-corrected chi connectivity index (χ3v) is 1.36. The fourth-order valence-electron chi connectivity index (χ4n) is 0.840. The number of benzene rings is 1. The predicted molar refractivity (Wildman–Crippen MR) is 55.0 cm³/mol. The Morgan fingerprint density at radius 2 is 1.67 bits per heavy atom. The van der Waals surface area contributed by atoms with Crippen molar-refractivity contribution in [1.29, 1.82) is 0 Å². The molecule has 3 N–H and O–H groups in total. The summed E-state index contributed by atoms with van der Waals surface area (Å²) in [6.45, 7) is 4.90. The summed E-state index contributed by atoms with van der Waals surface area (Å²) in [4.78, 5) is 0. The molecule has 0 amide bonds. The van der Waals surface area contributed by atoms with Crippen LogP contribution < -0.4 is 11.1 Å². The fraction of sp³-hybridized carbons (Fsp3) is 0.400. The van der Waals surface area contributed by atoms with Gasteiger partial charge in [-0.05, 0) is 24.7 Å². The van der Waals surface area contributed by atoms with Crippen molar-refractivity contribution in [2.45, 2.75) is 20.4 Å². The number of rotatable bonds is 2. The van der Waals surface area contributed by atoms with E-state index in [1.165, 1.54) is 5.56 Å². The molecule has 0 heterocycles. The summed E-state index contributed by atoms with van der Waals surface area (Å²) in [7, 11) is 1.93. The molecule has 2 heteroatoms. The molecule has 68 valence electrons. The lowest BCUT2D eigenvalue weighted by Crippen LogP contribution is -2.04. The molecular weight excluding hydrogens is 148 g/mol. The van der Waals surface area contributed by atoms with Gasteiger partial charge in [0.1, 0.15) is 0 Å². The van der Waals surface area contributed by atoms with Gasteiger partial charge in [0.15, 0.2) is 0 Å². The third kappa shape index (κ3) is 3.98. The van der Waals surface area contributed by atoms with Gasteiger partial charge < -0.3 is 11.1 Å². The molecule has 0 aliphatic rings. The normalized spacial score (nSPS) is 8.58. The lowest BCUT2D eigenvalue weighted by molar-refractivity contribution is 0.818. The van der Waals surface area contributed by atoms with E-state index in [1.807, 2.05) is 45.2 Å². The highest BCUT2D eigenvalue weighted by Gasteiger charge is 1.87. The van der Waals surface area contributed by atoms with Gasteiger partial charge >= 0.3 is 0 Å². The molecule has 0 aliphatic carbocycles. The molecule has 12 heavy (non-hydrogen) atoms. The van der Waals surface area contributed by atoms with E-state index in [0.29, 0.717) is 0 Å². The number of nitrogens with two attached hydrogens (primary N) is 1. The van der Waals surface area contributed by atoms with E-state index in [1.54, 1.807) is 0 Å². The summed E-state index contributed by atoms with van der Waals surface area (Å²) in [5.74, 6) is 0. The highest BCUT2D eigenvalue weighted by molar-refractivity contribution is 5.39. The Balaban J connectivity index is 0.000000561. The largest absolute Gasteiger partial charge is 0.399 e. The summed E-state index contributed by atoms with van der Waals surface area (Å²) in [5.41, 5.74) is 7.58.